The third-order valence-electron chi connectivity index (χ3n) is 3.07. The molecule has 0 aliphatic carbocycles. The van der Waals surface area contributed by atoms with E-state index >= 15 is 0 Å². The van der Waals surface area contributed by atoms with E-state index in [1.807, 2.05) is 37.3 Å². The number of carbonyl (C=O) groups excluding carboxylic acids is 1. The molecule has 0 unspecified atom stereocenters. The van der Waals surface area contributed by atoms with Crippen LogP contribution in [0.4, 0.5) is 0 Å². The van der Waals surface area contributed by atoms with Crippen LogP contribution in [-0.4, -0.2) is 5.91 Å². The smallest absolute Gasteiger partial charge is 0.252 e. The second-order valence-corrected chi connectivity index (χ2v) is 6.21. The standard InChI is InChI=1S/C16H15BrINO/c1-11-3-2-4-14(15(11)18)16(20)19-10-13-7-5-12(9-17)6-8-13/h2-8H,9-10H2,1H3,(H,19,20). The summed E-state index contributed by atoms with van der Waals surface area (Å²) < 4.78 is 1.01. The van der Waals surface area contributed by atoms with Crippen LogP contribution in [-0.2, 0) is 11.9 Å². The van der Waals surface area contributed by atoms with Crippen LogP contribution >= 0.6 is 38.5 Å². The Labute approximate surface area is 141 Å². The maximum atomic E-state index is 12.2. The van der Waals surface area contributed by atoms with E-state index in [-0.39, 0.29) is 5.91 Å². The summed E-state index contributed by atoms with van der Waals surface area (Å²) in [5.41, 5.74) is 4.20. The summed E-state index contributed by atoms with van der Waals surface area (Å²) in [5.74, 6) is -0.0253. The molecular formula is C16H15BrINO. The molecule has 2 aromatic rings. The molecule has 0 aliphatic heterocycles. The highest BCUT2D eigenvalue weighted by Crippen LogP contribution is 2.16. The number of alkyl halides is 1. The summed E-state index contributed by atoms with van der Waals surface area (Å²) in [4.78, 5) is 12.2. The lowest BCUT2D eigenvalue weighted by atomic mass is 10.1. The molecule has 0 bridgehead atoms. The van der Waals surface area contributed by atoms with Gasteiger partial charge in [0.15, 0.2) is 0 Å². The van der Waals surface area contributed by atoms with Gasteiger partial charge in [-0.3, -0.25) is 4.79 Å². The highest BCUT2D eigenvalue weighted by Gasteiger charge is 2.10. The van der Waals surface area contributed by atoms with Crippen LogP contribution in [0.15, 0.2) is 42.5 Å². The van der Waals surface area contributed by atoms with E-state index in [2.05, 4.69) is 56.0 Å². The summed E-state index contributed by atoms with van der Waals surface area (Å²) in [6, 6.07) is 14.0. The molecule has 1 N–H and O–H groups in total. The molecule has 2 rings (SSSR count). The van der Waals surface area contributed by atoms with Gasteiger partial charge in [-0.25, -0.2) is 0 Å². The van der Waals surface area contributed by atoms with Crippen LogP contribution in [0.5, 0.6) is 0 Å². The normalized spacial score (nSPS) is 10.3. The first-order valence-corrected chi connectivity index (χ1v) is 8.49. The number of rotatable bonds is 4. The Morgan fingerprint density at radius 2 is 1.80 bits per heavy atom. The molecule has 2 aromatic carbocycles. The van der Waals surface area contributed by atoms with Crippen molar-refractivity contribution >= 4 is 44.4 Å². The SMILES string of the molecule is Cc1cccc(C(=O)NCc2ccc(CBr)cc2)c1I. The van der Waals surface area contributed by atoms with Crippen LogP contribution in [0.25, 0.3) is 0 Å². The number of hydrogen-bond acceptors (Lipinski definition) is 1. The molecule has 0 heterocycles. The Bertz CT molecular complexity index is 610. The van der Waals surface area contributed by atoms with Crippen molar-refractivity contribution in [3.8, 4) is 0 Å². The fourth-order valence-electron chi connectivity index (χ4n) is 1.85. The first kappa shape index (κ1) is 15.5. The molecule has 2 nitrogen and oxygen atoms in total. The fraction of sp³-hybridized carbons (Fsp3) is 0.188. The first-order valence-electron chi connectivity index (χ1n) is 6.29. The molecule has 0 aliphatic rings. The van der Waals surface area contributed by atoms with Gasteiger partial charge in [0, 0.05) is 15.4 Å². The van der Waals surface area contributed by atoms with Gasteiger partial charge in [0.1, 0.15) is 0 Å². The van der Waals surface area contributed by atoms with Gasteiger partial charge in [0.05, 0.1) is 5.56 Å². The third-order valence-corrected chi connectivity index (χ3v) is 5.15. The molecular weight excluding hydrogens is 429 g/mol. The van der Waals surface area contributed by atoms with E-state index in [1.165, 1.54) is 5.56 Å². The average Bonchev–Trinajstić information content (AvgIpc) is 2.48. The highest BCUT2D eigenvalue weighted by atomic mass is 127. The van der Waals surface area contributed by atoms with Gasteiger partial charge in [0.2, 0.25) is 0 Å². The van der Waals surface area contributed by atoms with E-state index in [0.29, 0.717) is 6.54 Å². The largest absolute Gasteiger partial charge is 0.348 e. The second kappa shape index (κ2) is 7.22. The Morgan fingerprint density at radius 1 is 1.15 bits per heavy atom. The minimum absolute atomic E-state index is 0.0253. The predicted octanol–water partition coefficient (Wildman–Crippen LogP) is 4.42. The molecule has 0 saturated heterocycles. The van der Waals surface area contributed by atoms with E-state index in [1.54, 1.807) is 0 Å². The maximum absolute atomic E-state index is 12.2. The number of nitrogens with one attached hydrogen (secondary N) is 1. The molecule has 0 atom stereocenters. The molecule has 104 valence electrons. The van der Waals surface area contributed by atoms with Gasteiger partial charge in [-0.1, -0.05) is 52.3 Å². The molecule has 0 saturated carbocycles. The molecule has 0 radical (unpaired) electrons. The van der Waals surface area contributed by atoms with Crippen LogP contribution in [0.2, 0.25) is 0 Å². The molecule has 0 aromatic heterocycles. The third kappa shape index (κ3) is 3.82. The van der Waals surface area contributed by atoms with Crippen LogP contribution in [0.3, 0.4) is 0 Å². The van der Waals surface area contributed by atoms with Crippen LogP contribution in [0, 0.1) is 10.5 Å². The Morgan fingerprint density at radius 3 is 2.45 bits per heavy atom. The number of amides is 1. The van der Waals surface area contributed by atoms with Gasteiger partial charge in [-0.15, -0.1) is 0 Å². The number of halogens is 2. The Hall–Kier alpha value is -0.880. The number of hydrogen-bond donors (Lipinski definition) is 1. The summed E-state index contributed by atoms with van der Waals surface area (Å²) in [6.07, 6.45) is 0. The highest BCUT2D eigenvalue weighted by molar-refractivity contribution is 14.1. The zero-order valence-electron chi connectivity index (χ0n) is 11.1. The lowest BCUT2D eigenvalue weighted by molar-refractivity contribution is 0.0950. The molecule has 1 amide bonds. The summed E-state index contributed by atoms with van der Waals surface area (Å²) in [7, 11) is 0. The topological polar surface area (TPSA) is 29.1 Å². The van der Waals surface area contributed by atoms with Crippen molar-refractivity contribution in [1.29, 1.82) is 0 Å². The first-order chi connectivity index (χ1) is 9.61. The van der Waals surface area contributed by atoms with Gasteiger partial charge in [-0.2, -0.15) is 0 Å². The van der Waals surface area contributed by atoms with Crippen LogP contribution < -0.4 is 5.32 Å². The number of aryl methyl sites for hydroxylation is 1. The zero-order chi connectivity index (χ0) is 14.5. The zero-order valence-corrected chi connectivity index (χ0v) is 14.9. The average molecular weight is 444 g/mol. The Kier molecular flexibility index (Phi) is 5.60. The monoisotopic (exact) mass is 443 g/mol. The van der Waals surface area contributed by atoms with E-state index < -0.39 is 0 Å². The summed E-state index contributed by atoms with van der Waals surface area (Å²) in [6.45, 7) is 2.56. The van der Waals surface area contributed by atoms with Crippen molar-refractivity contribution in [3.05, 3.63) is 68.3 Å². The van der Waals surface area contributed by atoms with E-state index in [0.717, 1.165) is 25.6 Å². The van der Waals surface area contributed by atoms with Crippen molar-refractivity contribution in [2.24, 2.45) is 0 Å². The summed E-state index contributed by atoms with van der Waals surface area (Å²) in [5, 5.41) is 3.81. The van der Waals surface area contributed by atoms with Crippen molar-refractivity contribution in [2.75, 3.05) is 0 Å². The van der Waals surface area contributed by atoms with Gasteiger partial charge >= 0.3 is 0 Å². The molecule has 20 heavy (non-hydrogen) atoms. The maximum Gasteiger partial charge on any atom is 0.252 e. The van der Waals surface area contributed by atoms with Crippen molar-refractivity contribution < 1.29 is 4.79 Å². The Balaban J connectivity index is 2.02. The van der Waals surface area contributed by atoms with Gasteiger partial charge in [-0.05, 0) is 52.3 Å². The van der Waals surface area contributed by atoms with Gasteiger partial charge in [0.25, 0.3) is 5.91 Å². The summed E-state index contributed by atoms with van der Waals surface area (Å²) >= 11 is 5.64. The number of carbonyl (C=O) groups is 1. The van der Waals surface area contributed by atoms with Crippen molar-refractivity contribution in [2.45, 2.75) is 18.8 Å². The van der Waals surface area contributed by atoms with Gasteiger partial charge < -0.3 is 5.32 Å². The molecule has 0 fully saturated rings. The quantitative estimate of drug-likeness (QED) is 0.549. The second-order valence-electron chi connectivity index (χ2n) is 4.57. The van der Waals surface area contributed by atoms with Crippen LogP contribution in [0.1, 0.15) is 27.0 Å². The lowest BCUT2D eigenvalue weighted by Gasteiger charge is -2.09. The van der Waals surface area contributed by atoms with Crippen molar-refractivity contribution in [1.82, 2.24) is 5.32 Å². The van der Waals surface area contributed by atoms with E-state index in [9.17, 15) is 4.79 Å². The minimum Gasteiger partial charge on any atom is -0.348 e. The number of benzene rings is 2. The lowest BCUT2D eigenvalue weighted by Crippen LogP contribution is -2.23. The van der Waals surface area contributed by atoms with E-state index in [4.69, 9.17) is 0 Å². The minimum atomic E-state index is -0.0253. The fourth-order valence-corrected chi connectivity index (χ4v) is 2.82. The predicted molar refractivity (Wildman–Crippen MR) is 94.1 cm³/mol. The molecule has 0 spiro atoms. The molecule has 4 heteroatoms. The van der Waals surface area contributed by atoms with Crippen molar-refractivity contribution in [3.63, 3.8) is 0 Å².